The number of nitrogens with zero attached hydrogens (tertiary/aromatic N) is 2. The maximum atomic E-state index is 15.0. The summed E-state index contributed by atoms with van der Waals surface area (Å²) in [7, 11) is 0. The number of aliphatic hydroxyl groups excluding tert-OH is 2. The first-order valence-corrected chi connectivity index (χ1v) is 12.3. The number of rotatable bonds is 6. The Morgan fingerprint density at radius 3 is 2.67 bits per heavy atom. The van der Waals surface area contributed by atoms with Crippen LogP contribution in [0.25, 0.3) is 0 Å². The van der Waals surface area contributed by atoms with Gasteiger partial charge in [-0.2, -0.15) is 0 Å². The molecule has 1 aliphatic carbocycles. The van der Waals surface area contributed by atoms with Gasteiger partial charge in [0.05, 0.1) is 36.9 Å². The lowest BCUT2D eigenvalue weighted by Crippen LogP contribution is -2.40. The fraction of sp³-hybridized carbons (Fsp3) is 0.400. The number of amidine groups is 1. The number of hydrogen-bond acceptors (Lipinski definition) is 6. The van der Waals surface area contributed by atoms with Crippen LogP contribution in [-0.2, 0) is 0 Å². The lowest BCUT2D eigenvalue weighted by atomic mass is 9.81. The molecule has 192 valence electrons. The van der Waals surface area contributed by atoms with E-state index in [0.717, 1.165) is 6.07 Å². The van der Waals surface area contributed by atoms with E-state index in [4.69, 9.17) is 5.73 Å². The molecule has 0 bridgehead atoms. The quantitative estimate of drug-likeness (QED) is 0.429. The van der Waals surface area contributed by atoms with Crippen LogP contribution >= 0.6 is 15.9 Å². The van der Waals surface area contributed by atoms with E-state index in [2.05, 4.69) is 31.2 Å². The maximum Gasteiger partial charge on any atom is 0.254 e. The van der Waals surface area contributed by atoms with Crippen LogP contribution in [0.3, 0.4) is 0 Å². The van der Waals surface area contributed by atoms with Crippen molar-refractivity contribution in [2.75, 3.05) is 13.2 Å². The number of alkyl halides is 1. The van der Waals surface area contributed by atoms with E-state index in [0.29, 0.717) is 28.4 Å². The van der Waals surface area contributed by atoms with E-state index in [1.165, 1.54) is 24.3 Å². The molecule has 2 aromatic rings. The summed E-state index contributed by atoms with van der Waals surface area (Å²) in [6.45, 7) is -0.241. The second-order valence-electron chi connectivity index (χ2n) is 9.03. The van der Waals surface area contributed by atoms with E-state index in [1.807, 2.05) is 0 Å². The molecule has 0 radical (unpaired) electrons. The van der Waals surface area contributed by atoms with Gasteiger partial charge in [-0.25, -0.2) is 13.2 Å². The highest BCUT2D eigenvalue weighted by atomic mass is 79.9. The number of aliphatic imine (C=N–C) groups is 2. The Balaban J connectivity index is 1.52. The van der Waals surface area contributed by atoms with Gasteiger partial charge < -0.3 is 21.3 Å². The fourth-order valence-corrected chi connectivity index (χ4v) is 5.07. The van der Waals surface area contributed by atoms with E-state index in [9.17, 15) is 23.8 Å². The van der Waals surface area contributed by atoms with Crippen LogP contribution in [0.2, 0.25) is 0 Å². The SMILES string of the molecule is NC1=NC[C@H]([C@@H]2CC[C@@H](O)[C@H](F)C2)N=C1c1ccc(C(=O)N[C@H](CO)c2cc(F)cc(Br)c2)c(F)c1. The predicted octanol–water partition coefficient (Wildman–Crippen LogP) is 3.22. The van der Waals surface area contributed by atoms with Gasteiger partial charge in [0.1, 0.15) is 29.4 Å². The molecule has 2 aliphatic rings. The van der Waals surface area contributed by atoms with Crippen LogP contribution in [0.5, 0.6) is 0 Å². The second-order valence-corrected chi connectivity index (χ2v) is 9.95. The van der Waals surface area contributed by atoms with Crippen LogP contribution in [-0.4, -0.2) is 59.1 Å². The van der Waals surface area contributed by atoms with Crippen molar-refractivity contribution in [2.24, 2.45) is 21.6 Å². The minimum atomic E-state index is -1.32. The number of hydrogen-bond donors (Lipinski definition) is 4. The third-order valence-electron chi connectivity index (χ3n) is 6.57. The molecule has 5 atom stereocenters. The molecule has 1 fully saturated rings. The van der Waals surface area contributed by atoms with Gasteiger partial charge in [-0.3, -0.25) is 14.8 Å². The Morgan fingerprint density at radius 2 is 2.00 bits per heavy atom. The number of nitrogens with two attached hydrogens (primary N) is 1. The molecular formula is C25H26BrF3N4O3. The van der Waals surface area contributed by atoms with Gasteiger partial charge in [0, 0.05) is 10.0 Å². The van der Waals surface area contributed by atoms with Crippen molar-refractivity contribution in [2.45, 2.75) is 43.6 Å². The van der Waals surface area contributed by atoms with Gasteiger partial charge in [0.25, 0.3) is 5.91 Å². The zero-order valence-corrected chi connectivity index (χ0v) is 20.8. The van der Waals surface area contributed by atoms with Crippen molar-refractivity contribution in [3.8, 4) is 0 Å². The highest BCUT2D eigenvalue weighted by Crippen LogP contribution is 2.32. The first-order chi connectivity index (χ1) is 17.2. The minimum Gasteiger partial charge on any atom is -0.394 e. The molecule has 0 unspecified atom stereocenters. The highest BCUT2D eigenvalue weighted by molar-refractivity contribution is 9.10. The first-order valence-electron chi connectivity index (χ1n) is 11.5. The van der Waals surface area contributed by atoms with Crippen LogP contribution in [0.1, 0.15) is 46.8 Å². The summed E-state index contributed by atoms with van der Waals surface area (Å²) in [6, 6.07) is 6.52. The van der Waals surface area contributed by atoms with Crippen LogP contribution < -0.4 is 11.1 Å². The van der Waals surface area contributed by atoms with E-state index in [-0.39, 0.29) is 42.0 Å². The summed E-state index contributed by atoms with van der Waals surface area (Å²) in [5.74, 6) is -2.20. The van der Waals surface area contributed by atoms with Crippen LogP contribution in [0.15, 0.2) is 50.9 Å². The van der Waals surface area contributed by atoms with Gasteiger partial charge >= 0.3 is 0 Å². The van der Waals surface area contributed by atoms with Crippen molar-refractivity contribution in [1.82, 2.24) is 5.32 Å². The topological polar surface area (TPSA) is 120 Å². The second kappa shape index (κ2) is 11.1. The Kier molecular flexibility index (Phi) is 8.11. The zero-order valence-electron chi connectivity index (χ0n) is 19.2. The molecule has 36 heavy (non-hydrogen) atoms. The lowest BCUT2D eigenvalue weighted by molar-refractivity contribution is 0.0204. The lowest BCUT2D eigenvalue weighted by Gasteiger charge is -2.33. The van der Waals surface area contributed by atoms with Crippen LogP contribution in [0, 0.1) is 17.6 Å². The molecule has 1 aliphatic heterocycles. The Morgan fingerprint density at radius 1 is 1.22 bits per heavy atom. The summed E-state index contributed by atoms with van der Waals surface area (Å²) >= 11 is 3.16. The van der Waals surface area contributed by atoms with Gasteiger partial charge in [-0.15, -0.1) is 0 Å². The predicted molar refractivity (Wildman–Crippen MR) is 133 cm³/mol. The van der Waals surface area contributed by atoms with Crippen LogP contribution in [0.4, 0.5) is 13.2 Å². The molecule has 0 spiro atoms. The molecule has 4 rings (SSSR count). The van der Waals surface area contributed by atoms with Crippen molar-refractivity contribution in [1.29, 1.82) is 0 Å². The third-order valence-corrected chi connectivity index (χ3v) is 7.03. The van der Waals surface area contributed by atoms with Crippen molar-refractivity contribution in [3.05, 3.63) is 69.2 Å². The Labute approximate surface area is 214 Å². The van der Waals surface area contributed by atoms with Gasteiger partial charge in [0.2, 0.25) is 0 Å². The highest BCUT2D eigenvalue weighted by Gasteiger charge is 2.35. The molecular weight excluding hydrogens is 541 g/mol. The standard InChI is InChI=1S/C25H26BrF3N4O3/c26-15-5-14(6-16(27)9-15)21(11-34)33-25(36)17-3-1-13(8-18(17)28)23-24(30)31-10-20(32-23)12-2-4-22(35)19(29)7-12/h1,3,5-6,8-9,12,19-22,34-35H,2,4,7,10-11H2,(H2,30,31)(H,33,36)/t12-,19-,20-,21-,22-/m1/s1. The van der Waals surface area contributed by atoms with Crippen molar-refractivity contribution in [3.63, 3.8) is 0 Å². The average Bonchev–Trinajstić information content (AvgIpc) is 2.83. The minimum absolute atomic E-state index is 0.118. The van der Waals surface area contributed by atoms with E-state index in [1.54, 1.807) is 6.07 Å². The van der Waals surface area contributed by atoms with Gasteiger partial charge in [-0.1, -0.05) is 22.0 Å². The number of aliphatic hydroxyl groups is 2. The maximum absolute atomic E-state index is 15.0. The molecule has 7 nitrogen and oxygen atoms in total. The summed E-state index contributed by atoms with van der Waals surface area (Å²) in [6.07, 6.45) is -1.19. The summed E-state index contributed by atoms with van der Waals surface area (Å²) in [4.78, 5) is 21.7. The molecule has 1 amide bonds. The van der Waals surface area contributed by atoms with Crippen molar-refractivity contribution < 1.29 is 28.2 Å². The normalized spacial score (nSPS) is 25.1. The summed E-state index contributed by atoms with van der Waals surface area (Å²) in [5, 5.41) is 21.9. The number of nitrogens with one attached hydrogen (secondary N) is 1. The Bertz CT molecular complexity index is 1190. The summed E-state index contributed by atoms with van der Waals surface area (Å²) < 4.78 is 43.2. The molecule has 0 aromatic heterocycles. The fourth-order valence-electron chi connectivity index (χ4n) is 4.59. The molecule has 1 saturated carbocycles. The monoisotopic (exact) mass is 566 g/mol. The summed E-state index contributed by atoms with van der Waals surface area (Å²) in [5.41, 5.74) is 6.62. The number of carbonyl (C=O) groups is 1. The number of carbonyl (C=O) groups excluding carboxylic acids is 1. The number of benzene rings is 2. The molecule has 1 heterocycles. The number of halogens is 4. The molecule has 5 N–H and O–H groups in total. The van der Waals surface area contributed by atoms with E-state index < -0.39 is 42.5 Å². The van der Waals surface area contributed by atoms with E-state index >= 15 is 4.39 Å². The molecule has 11 heteroatoms. The molecule has 0 saturated heterocycles. The Hall–Kier alpha value is -2.76. The number of amides is 1. The third kappa shape index (κ3) is 5.79. The van der Waals surface area contributed by atoms with Gasteiger partial charge in [-0.05, 0) is 61.1 Å². The van der Waals surface area contributed by atoms with Gasteiger partial charge in [0.15, 0.2) is 0 Å². The van der Waals surface area contributed by atoms with Crippen molar-refractivity contribution >= 4 is 33.4 Å². The smallest absolute Gasteiger partial charge is 0.254 e. The first kappa shape index (κ1) is 26.3. The largest absolute Gasteiger partial charge is 0.394 e. The molecule has 2 aromatic carbocycles. The average molecular weight is 567 g/mol. The zero-order chi connectivity index (χ0) is 26.0.